The van der Waals surface area contributed by atoms with Crippen molar-refractivity contribution in [2.75, 3.05) is 20.3 Å². The number of alkyl halides is 2. The highest BCUT2D eigenvalue weighted by atomic mass is 32.2. The Morgan fingerprint density at radius 2 is 1.81 bits per heavy atom. The molecule has 0 radical (unpaired) electrons. The van der Waals surface area contributed by atoms with E-state index in [-0.39, 0.29) is 25.5 Å². The van der Waals surface area contributed by atoms with E-state index in [2.05, 4.69) is 4.72 Å². The monoisotopic (exact) mass is 522 g/mol. The largest absolute Gasteiger partial charge is 0.384 e. The van der Waals surface area contributed by atoms with Gasteiger partial charge in [-0.05, 0) is 43.2 Å². The number of hydrogen-bond donors (Lipinski definition) is 1. The molecule has 3 aliphatic rings. The molecule has 0 unspecified atom stereocenters. The molecule has 3 fully saturated rings. The fraction of sp³-hybridized carbons (Fsp3) is 0.500. The molecule has 0 bridgehead atoms. The first-order valence-electron chi connectivity index (χ1n) is 12.0. The Morgan fingerprint density at radius 1 is 1.11 bits per heavy atom. The number of ether oxygens (including phenoxy) is 1. The van der Waals surface area contributed by atoms with Crippen LogP contribution in [0.2, 0.25) is 0 Å². The molecular weight excluding hydrogens is 493 g/mol. The zero-order valence-electron chi connectivity index (χ0n) is 19.9. The molecule has 1 amide bonds. The average molecular weight is 523 g/mol. The molecule has 2 aromatic carbocycles. The molecule has 2 aromatic rings. The SMILES string of the molecule is COCC1(C(=O)N2CC3(CC3)[C@H](NS(=O)(=O)C(F)F)[C@@H]2Cc2cccc(-c3ccccc3)c2F)CC1. The predicted octanol–water partition coefficient (Wildman–Crippen LogP) is 3.96. The van der Waals surface area contributed by atoms with E-state index in [1.807, 2.05) is 6.07 Å². The van der Waals surface area contributed by atoms with E-state index < -0.39 is 44.5 Å². The van der Waals surface area contributed by atoms with Crippen LogP contribution in [-0.4, -0.2) is 57.3 Å². The topological polar surface area (TPSA) is 75.7 Å². The van der Waals surface area contributed by atoms with E-state index in [1.54, 1.807) is 47.4 Å². The second-order valence-corrected chi connectivity index (χ2v) is 12.0. The normalized spacial score (nSPS) is 23.9. The van der Waals surface area contributed by atoms with Gasteiger partial charge in [0, 0.05) is 30.7 Å². The number of nitrogens with one attached hydrogen (secondary N) is 1. The van der Waals surface area contributed by atoms with Gasteiger partial charge in [-0.2, -0.15) is 8.78 Å². The Morgan fingerprint density at radius 3 is 2.39 bits per heavy atom. The highest BCUT2D eigenvalue weighted by molar-refractivity contribution is 7.89. The van der Waals surface area contributed by atoms with Crippen LogP contribution in [0, 0.1) is 16.6 Å². The lowest BCUT2D eigenvalue weighted by Gasteiger charge is -2.32. The molecule has 10 heteroatoms. The number of rotatable bonds is 9. The van der Waals surface area contributed by atoms with Gasteiger partial charge in [-0.1, -0.05) is 48.5 Å². The molecular formula is C26H29F3N2O4S. The van der Waals surface area contributed by atoms with Crippen molar-refractivity contribution in [1.82, 2.24) is 9.62 Å². The summed E-state index contributed by atoms with van der Waals surface area (Å²) in [6, 6.07) is 12.2. The molecule has 194 valence electrons. The summed E-state index contributed by atoms with van der Waals surface area (Å²) >= 11 is 0. The van der Waals surface area contributed by atoms with Crippen LogP contribution in [0.15, 0.2) is 48.5 Å². The molecule has 1 spiro atoms. The second kappa shape index (κ2) is 9.15. The third-order valence-electron chi connectivity index (χ3n) is 7.93. The summed E-state index contributed by atoms with van der Waals surface area (Å²) in [7, 11) is -3.40. The highest BCUT2D eigenvalue weighted by Crippen LogP contribution is 2.58. The summed E-state index contributed by atoms with van der Waals surface area (Å²) in [4.78, 5) is 15.3. The number of carbonyl (C=O) groups excluding carboxylic acids is 1. The molecule has 2 aliphatic carbocycles. The average Bonchev–Trinajstić information content (AvgIpc) is 3.77. The lowest BCUT2D eigenvalue weighted by Crippen LogP contribution is -2.52. The van der Waals surface area contributed by atoms with Crippen LogP contribution in [0.5, 0.6) is 0 Å². The molecule has 1 heterocycles. The van der Waals surface area contributed by atoms with Crippen molar-refractivity contribution in [3.05, 3.63) is 59.9 Å². The van der Waals surface area contributed by atoms with Crippen molar-refractivity contribution in [2.45, 2.75) is 49.9 Å². The number of hydrogen-bond acceptors (Lipinski definition) is 4. The number of nitrogens with zero attached hydrogens (tertiary/aromatic N) is 1. The van der Waals surface area contributed by atoms with Crippen LogP contribution in [0.4, 0.5) is 13.2 Å². The molecule has 36 heavy (non-hydrogen) atoms. The van der Waals surface area contributed by atoms with Crippen LogP contribution in [-0.2, 0) is 26.0 Å². The van der Waals surface area contributed by atoms with Gasteiger partial charge in [-0.25, -0.2) is 17.5 Å². The first-order chi connectivity index (χ1) is 17.1. The van der Waals surface area contributed by atoms with Crippen molar-refractivity contribution in [3.8, 4) is 11.1 Å². The number of sulfonamides is 1. The Kier molecular flexibility index (Phi) is 6.41. The lowest BCUT2D eigenvalue weighted by atomic mass is 9.91. The Hall–Kier alpha value is -2.43. The van der Waals surface area contributed by atoms with Gasteiger partial charge in [-0.15, -0.1) is 0 Å². The molecule has 6 nitrogen and oxygen atoms in total. The summed E-state index contributed by atoms with van der Waals surface area (Å²) in [5.74, 6) is -4.25. The molecule has 1 N–H and O–H groups in total. The van der Waals surface area contributed by atoms with E-state index >= 15 is 4.39 Å². The first kappa shape index (κ1) is 25.2. The van der Waals surface area contributed by atoms with Gasteiger partial charge in [-0.3, -0.25) is 4.79 Å². The summed E-state index contributed by atoms with van der Waals surface area (Å²) in [6.45, 7) is 0.478. The summed E-state index contributed by atoms with van der Waals surface area (Å²) in [5.41, 5.74) is 0.0487. The van der Waals surface area contributed by atoms with Gasteiger partial charge in [0.15, 0.2) is 0 Å². The summed E-state index contributed by atoms with van der Waals surface area (Å²) in [6.07, 6.45) is 2.49. The number of amides is 1. The number of carbonyl (C=O) groups is 1. The number of benzene rings is 2. The van der Waals surface area contributed by atoms with Crippen molar-refractivity contribution in [2.24, 2.45) is 10.8 Å². The minimum Gasteiger partial charge on any atom is -0.384 e. The van der Waals surface area contributed by atoms with Crippen LogP contribution in [0.25, 0.3) is 11.1 Å². The maximum atomic E-state index is 15.7. The smallest absolute Gasteiger partial charge is 0.350 e. The van der Waals surface area contributed by atoms with Gasteiger partial charge in [0.2, 0.25) is 5.91 Å². The fourth-order valence-corrected chi connectivity index (χ4v) is 6.47. The Labute approximate surface area is 208 Å². The van der Waals surface area contributed by atoms with Gasteiger partial charge >= 0.3 is 5.76 Å². The number of halogens is 3. The van der Waals surface area contributed by atoms with Crippen molar-refractivity contribution >= 4 is 15.9 Å². The lowest BCUT2D eigenvalue weighted by molar-refractivity contribution is -0.140. The summed E-state index contributed by atoms with van der Waals surface area (Å²) < 4.78 is 74.4. The molecule has 1 saturated heterocycles. The second-order valence-electron chi connectivity index (χ2n) is 10.3. The zero-order valence-corrected chi connectivity index (χ0v) is 20.7. The summed E-state index contributed by atoms with van der Waals surface area (Å²) in [5, 5.41) is 0. The Bertz CT molecular complexity index is 1250. The standard InChI is InChI=1S/C26H29F3N2O4S/c1-35-16-26(12-13-26)23(32)31-15-25(10-11-25)22(30-36(33,34)24(28)29)20(31)14-18-8-5-9-19(21(18)27)17-6-3-2-4-7-17/h2-9,20,22,24,30H,10-16H2,1H3/t20-,22+/m0/s1. The van der Waals surface area contributed by atoms with E-state index in [0.29, 0.717) is 42.4 Å². The fourth-order valence-electron chi connectivity index (χ4n) is 5.61. The molecule has 2 saturated carbocycles. The van der Waals surface area contributed by atoms with Crippen LogP contribution >= 0.6 is 0 Å². The van der Waals surface area contributed by atoms with Gasteiger partial charge < -0.3 is 9.64 Å². The maximum absolute atomic E-state index is 15.7. The minimum atomic E-state index is -4.92. The van der Waals surface area contributed by atoms with Gasteiger partial charge in [0.1, 0.15) is 5.82 Å². The van der Waals surface area contributed by atoms with Gasteiger partial charge in [0.25, 0.3) is 10.0 Å². The predicted molar refractivity (Wildman–Crippen MR) is 128 cm³/mol. The van der Waals surface area contributed by atoms with E-state index in [1.165, 1.54) is 7.11 Å². The molecule has 5 rings (SSSR count). The number of methoxy groups -OCH3 is 1. The van der Waals surface area contributed by atoms with Crippen molar-refractivity contribution < 1.29 is 31.1 Å². The Balaban J connectivity index is 1.52. The van der Waals surface area contributed by atoms with Crippen molar-refractivity contribution in [1.29, 1.82) is 0 Å². The van der Waals surface area contributed by atoms with E-state index in [0.717, 1.165) is 0 Å². The zero-order chi connectivity index (χ0) is 25.7. The molecule has 2 atom stereocenters. The van der Waals surface area contributed by atoms with E-state index in [4.69, 9.17) is 4.74 Å². The van der Waals surface area contributed by atoms with Crippen LogP contribution in [0.3, 0.4) is 0 Å². The van der Waals surface area contributed by atoms with Crippen LogP contribution in [0.1, 0.15) is 31.2 Å². The highest BCUT2D eigenvalue weighted by Gasteiger charge is 2.64. The first-order valence-corrected chi connectivity index (χ1v) is 13.6. The van der Waals surface area contributed by atoms with Gasteiger partial charge in [0.05, 0.1) is 18.1 Å². The van der Waals surface area contributed by atoms with Crippen LogP contribution < -0.4 is 4.72 Å². The quantitative estimate of drug-likeness (QED) is 0.541. The van der Waals surface area contributed by atoms with E-state index in [9.17, 15) is 22.0 Å². The maximum Gasteiger partial charge on any atom is 0.350 e. The minimum absolute atomic E-state index is 0.000512. The molecule has 1 aliphatic heterocycles. The number of likely N-dealkylation sites (tertiary alicyclic amines) is 1. The molecule has 0 aromatic heterocycles. The third-order valence-corrected chi connectivity index (χ3v) is 8.98. The van der Waals surface area contributed by atoms with Crippen molar-refractivity contribution in [3.63, 3.8) is 0 Å². The third kappa shape index (κ3) is 4.43.